The number of hydrogen-bond acceptors (Lipinski definition) is 3. The van der Waals surface area contributed by atoms with Gasteiger partial charge < -0.3 is 14.8 Å². The summed E-state index contributed by atoms with van der Waals surface area (Å²) in [5.41, 5.74) is 1.38. The van der Waals surface area contributed by atoms with Gasteiger partial charge in [0.05, 0.1) is 6.61 Å². The van der Waals surface area contributed by atoms with Gasteiger partial charge in [-0.05, 0) is 69.3 Å². The fourth-order valence-corrected chi connectivity index (χ4v) is 2.79. The summed E-state index contributed by atoms with van der Waals surface area (Å²) in [6, 6.07) is 8.50. The monoisotopic (exact) mass is 291 g/mol. The number of methoxy groups -OCH3 is 1. The molecule has 1 N–H and O–H groups in total. The van der Waals surface area contributed by atoms with Crippen LogP contribution < -0.4 is 10.1 Å². The molecule has 0 saturated heterocycles. The molecule has 1 aromatic rings. The first-order valence-electron chi connectivity index (χ1n) is 8.25. The molecule has 0 amide bonds. The van der Waals surface area contributed by atoms with Crippen LogP contribution in [0.4, 0.5) is 0 Å². The van der Waals surface area contributed by atoms with Gasteiger partial charge in [0.25, 0.3) is 0 Å². The van der Waals surface area contributed by atoms with E-state index in [1.807, 2.05) is 0 Å². The molecule has 0 bridgehead atoms. The minimum Gasteiger partial charge on any atom is -0.487 e. The van der Waals surface area contributed by atoms with Gasteiger partial charge in [-0.2, -0.15) is 0 Å². The van der Waals surface area contributed by atoms with E-state index in [0.717, 1.165) is 38.3 Å². The summed E-state index contributed by atoms with van der Waals surface area (Å²) >= 11 is 0. The van der Waals surface area contributed by atoms with Gasteiger partial charge in [0.15, 0.2) is 0 Å². The van der Waals surface area contributed by atoms with Crippen molar-refractivity contribution in [2.45, 2.75) is 51.0 Å². The van der Waals surface area contributed by atoms with E-state index < -0.39 is 0 Å². The Labute approximate surface area is 129 Å². The van der Waals surface area contributed by atoms with Gasteiger partial charge in [0.1, 0.15) is 11.4 Å². The molecule has 1 saturated carbocycles. The van der Waals surface area contributed by atoms with E-state index in [-0.39, 0.29) is 5.60 Å². The van der Waals surface area contributed by atoms with Gasteiger partial charge in [0.2, 0.25) is 0 Å². The molecule has 1 aromatic carbocycles. The average Bonchev–Trinajstić information content (AvgIpc) is 2.48. The molecule has 118 valence electrons. The fraction of sp³-hybridized carbons (Fsp3) is 0.667. The van der Waals surface area contributed by atoms with Crippen LogP contribution in [0.2, 0.25) is 0 Å². The lowest BCUT2D eigenvalue weighted by molar-refractivity contribution is -0.0142. The van der Waals surface area contributed by atoms with Crippen molar-refractivity contribution in [3.05, 3.63) is 29.8 Å². The predicted octanol–water partition coefficient (Wildman–Crippen LogP) is 3.57. The molecule has 0 unspecified atom stereocenters. The molecular formula is C18H29NO2. The van der Waals surface area contributed by atoms with Crippen LogP contribution in [0.3, 0.4) is 0 Å². The Morgan fingerprint density at radius 3 is 2.48 bits per heavy atom. The van der Waals surface area contributed by atoms with Crippen LogP contribution in [0.15, 0.2) is 24.3 Å². The summed E-state index contributed by atoms with van der Waals surface area (Å²) in [5, 5.41) is 3.48. The van der Waals surface area contributed by atoms with Crippen molar-refractivity contribution in [3.63, 3.8) is 0 Å². The molecule has 0 aromatic heterocycles. The molecule has 3 heteroatoms. The lowest BCUT2D eigenvalue weighted by Gasteiger charge is -2.42. The quantitative estimate of drug-likeness (QED) is 0.669. The van der Waals surface area contributed by atoms with Crippen molar-refractivity contribution in [1.29, 1.82) is 0 Å². The van der Waals surface area contributed by atoms with Gasteiger partial charge in [-0.15, -0.1) is 0 Å². The predicted molar refractivity (Wildman–Crippen MR) is 87.0 cm³/mol. The first kappa shape index (κ1) is 16.3. The van der Waals surface area contributed by atoms with Crippen LogP contribution in [-0.4, -0.2) is 32.4 Å². The maximum atomic E-state index is 6.31. The Hall–Kier alpha value is -1.06. The molecule has 1 aliphatic carbocycles. The zero-order chi connectivity index (χ0) is 15.0. The summed E-state index contributed by atoms with van der Waals surface area (Å²) in [6.07, 6.45) is 6.93. The minimum atomic E-state index is 0.0782. The number of hydrogen-bond donors (Lipinski definition) is 1. The van der Waals surface area contributed by atoms with E-state index >= 15 is 0 Å². The van der Waals surface area contributed by atoms with Crippen molar-refractivity contribution in [1.82, 2.24) is 5.32 Å². The van der Waals surface area contributed by atoms with Crippen molar-refractivity contribution in [2.75, 3.05) is 26.8 Å². The second-order valence-electron chi connectivity index (χ2n) is 6.03. The van der Waals surface area contributed by atoms with Gasteiger partial charge in [0, 0.05) is 7.11 Å². The number of ether oxygens (including phenoxy) is 2. The third-order valence-electron chi connectivity index (χ3n) is 4.30. The van der Waals surface area contributed by atoms with Crippen LogP contribution in [-0.2, 0) is 11.2 Å². The molecule has 0 aliphatic heterocycles. The van der Waals surface area contributed by atoms with Gasteiger partial charge in [-0.3, -0.25) is 0 Å². The Kier molecular flexibility index (Phi) is 6.52. The van der Waals surface area contributed by atoms with Crippen LogP contribution >= 0.6 is 0 Å². The maximum Gasteiger partial charge on any atom is 0.120 e. The lowest BCUT2D eigenvalue weighted by atomic mass is 9.77. The maximum absolute atomic E-state index is 6.31. The number of nitrogens with one attached hydrogen (secondary N) is 1. The number of benzene rings is 1. The van der Waals surface area contributed by atoms with E-state index in [0.29, 0.717) is 0 Å². The summed E-state index contributed by atoms with van der Waals surface area (Å²) in [4.78, 5) is 0. The highest BCUT2D eigenvalue weighted by Crippen LogP contribution is 2.39. The summed E-state index contributed by atoms with van der Waals surface area (Å²) in [5.74, 6) is 1.01. The van der Waals surface area contributed by atoms with Crippen molar-refractivity contribution in [3.8, 4) is 5.75 Å². The van der Waals surface area contributed by atoms with Crippen molar-refractivity contribution >= 4 is 0 Å². The Morgan fingerprint density at radius 1 is 1.14 bits per heavy atom. The first-order valence-corrected chi connectivity index (χ1v) is 8.25. The van der Waals surface area contributed by atoms with Gasteiger partial charge >= 0.3 is 0 Å². The molecule has 1 aliphatic rings. The molecule has 0 heterocycles. The van der Waals surface area contributed by atoms with E-state index in [4.69, 9.17) is 9.47 Å². The highest BCUT2D eigenvalue weighted by atomic mass is 16.5. The van der Waals surface area contributed by atoms with Crippen LogP contribution in [0.25, 0.3) is 0 Å². The third kappa shape index (κ3) is 5.01. The normalized spacial score (nSPS) is 16.5. The summed E-state index contributed by atoms with van der Waals surface area (Å²) in [7, 11) is 1.74. The minimum absolute atomic E-state index is 0.0782. The second kappa shape index (κ2) is 8.40. The number of rotatable bonds is 10. The fourth-order valence-electron chi connectivity index (χ4n) is 2.79. The Bertz CT molecular complexity index is 398. The largest absolute Gasteiger partial charge is 0.487 e. The van der Waals surface area contributed by atoms with Crippen molar-refractivity contribution in [2.24, 2.45) is 0 Å². The lowest BCUT2D eigenvalue weighted by Crippen LogP contribution is -2.45. The highest BCUT2D eigenvalue weighted by molar-refractivity contribution is 5.28. The SMILES string of the molecule is CCCNCCC1(Oc2ccc(CCOC)cc2)CCC1. The van der Waals surface area contributed by atoms with Crippen molar-refractivity contribution < 1.29 is 9.47 Å². The average molecular weight is 291 g/mol. The zero-order valence-electron chi connectivity index (χ0n) is 13.5. The third-order valence-corrected chi connectivity index (χ3v) is 4.30. The zero-order valence-corrected chi connectivity index (χ0v) is 13.5. The van der Waals surface area contributed by atoms with Gasteiger partial charge in [-0.25, -0.2) is 0 Å². The van der Waals surface area contributed by atoms with E-state index in [9.17, 15) is 0 Å². The smallest absolute Gasteiger partial charge is 0.120 e. The highest BCUT2D eigenvalue weighted by Gasteiger charge is 2.38. The molecule has 2 rings (SSSR count). The summed E-state index contributed by atoms with van der Waals surface area (Å²) < 4.78 is 11.4. The molecule has 0 radical (unpaired) electrons. The molecule has 21 heavy (non-hydrogen) atoms. The van der Waals surface area contributed by atoms with E-state index in [1.54, 1.807) is 7.11 Å². The topological polar surface area (TPSA) is 30.5 Å². The molecule has 0 atom stereocenters. The summed E-state index contributed by atoms with van der Waals surface area (Å²) in [6.45, 7) is 5.13. The second-order valence-corrected chi connectivity index (χ2v) is 6.03. The molecular weight excluding hydrogens is 262 g/mol. The Morgan fingerprint density at radius 2 is 1.90 bits per heavy atom. The molecule has 1 fully saturated rings. The van der Waals surface area contributed by atoms with Crippen LogP contribution in [0.1, 0.15) is 44.6 Å². The standard InChI is InChI=1S/C18H29NO2/c1-3-13-19-14-12-18(10-4-11-18)21-17-7-5-16(6-8-17)9-15-20-2/h5-8,19H,3-4,9-15H2,1-2H3. The first-order chi connectivity index (χ1) is 10.3. The molecule has 0 spiro atoms. The molecule has 3 nitrogen and oxygen atoms in total. The Balaban J connectivity index is 1.83. The van der Waals surface area contributed by atoms with E-state index in [1.165, 1.54) is 31.2 Å². The van der Waals surface area contributed by atoms with Crippen LogP contribution in [0, 0.1) is 0 Å². The van der Waals surface area contributed by atoms with Gasteiger partial charge in [-0.1, -0.05) is 19.1 Å². The van der Waals surface area contributed by atoms with E-state index in [2.05, 4.69) is 36.5 Å². The van der Waals surface area contributed by atoms with Crippen LogP contribution in [0.5, 0.6) is 5.75 Å².